The van der Waals surface area contributed by atoms with E-state index >= 15 is 0 Å². The van der Waals surface area contributed by atoms with Crippen molar-refractivity contribution < 1.29 is 14.6 Å². The minimum atomic E-state index is -0.673. The fourth-order valence-electron chi connectivity index (χ4n) is 1.12. The smallest absolute Gasteiger partial charge is 0.123 e. The molecule has 3 heteroatoms. The number of hydrogen-bond acceptors (Lipinski definition) is 2. The molecule has 1 unspecified atom stereocenters. The van der Waals surface area contributed by atoms with Crippen LogP contribution in [0.25, 0.3) is 0 Å². The van der Waals surface area contributed by atoms with Crippen molar-refractivity contribution in [2.45, 2.75) is 19.6 Å². The minimum absolute atomic E-state index is 0.252. The highest BCUT2D eigenvalue weighted by Crippen LogP contribution is 2.18. The monoisotopic (exact) mass is 170 g/mol. The second kappa shape index (κ2) is 3.65. The zero-order valence-corrected chi connectivity index (χ0v) is 6.79. The van der Waals surface area contributed by atoms with Crippen LogP contribution in [-0.4, -0.2) is 10.2 Å². The van der Waals surface area contributed by atoms with Gasteiger partial charge in [-0.15, -0.1) is 0 Å². The summed E-state index contributed by atoms with van der Waals surface area (Å²) in [5.74, 6) is -0.400. The summed E-state index contributed by atoms with van der Waals surface area (Å²) in [4.78, 5) is 0. The second-order valence-electron chi connectivity index (χ2n) is 2.68. The predicted octanol–water partition coefficient (Wildman–Crippen LogP) is 1.37. The molecule has 0 heterocycles. The molecule has 0 aromatic heterocycles. The largest absolute Gasteiger partial charge is 0.392 e. The van der Waals surface area contributed by atoms with E-state index in [9.17, 15) is 9.50 Å². The van der Waals surface area contributed by atoms with Crippen LogP contribution in [0.1, 0.15) is 24.2 Å². The third-order valence-electron chi connectivity index (χ3n) is 1.73. The summed E-state index contributed by atoms with van der Waals surface area (Å²) >= 11 is 0. The van der Waals surface area contributed by atoms with Gasteiger partial charge in [-0.05, 0) is 30.2 Å². The normalized spacial score (nSPS) is 13.0. The van der Waals surface area contributed by atoms with Crippen LogP contribution in [0.15, 0.2) is 18.2 Å². The van der Waals surface area contributed by atoms with E-state index in [0.717, 1.165) is 0 Å². The summed E-state index contributed by atoms with van der Waals surface area (Å²) in [6, 6.07) is 3.97. The molecule has 0 radical (unpaired) electrons. The van der Waals surface area contributed by atoms with Gasteiger partial charge >= 0.3 is 0 Å². The Kier molecular flexibility index (Phi) is 2.78. The summed E-state index contributed by atoms with van der Waals surface area (Å²) < 4.78 is 12.6. The number of hydrogen-bond donors (Lipinski definition) is 2. The van der Waals surface area contributed by atoms with Gasteiger partial charge in [-0.3, -0.25) is 0 Å². The Morgan fingerprint density at radius 2 is 2.17 bits per heavy atom. The fourth-order valence-corrected chi connectivity index (χ4v) is 1.12. The van der Waals surface area contributed by atoms with Crippen LogP contribution in [-0.2, 0) is 6.61 Å². The number of aliphatic hydroxyl groups is 2. The molecule has 0 aliphatic carbocycles. The van der Waals surface area contributed by atoms with Crippen molar-refractivity contribution in [3.63, 3.8) is 0 Å². The first-order valence-corrected chi connectivity index (χ1v) is 3.72. The lowest BCUT2D eigenvalue weighted by atomic mass is 10.0. The summed E-state index contributed by atoms with van der Waals surface area (Å²) in [7, 11) is 0. The maximum absolute atomic E-state index is 12.6. The van der Waals surface area contributed by atoms with E-state index in [2.05, 4.69) is 0 Å². The Bertz CT molecular complexity index is 271. The summed E-state index contributed by atoms with van der Waals surface area (Å²) in [5.41, 5.74) is 1.00. The summed E-state index contributed by atoms with van der Waals surface area (Å²) in [5, 5.41) is 18.0. The van der Waals surface area contributed by atoms with E-state index < -0.39 is 11.9 Å². The maximum atomic E-state index is 12.6. The molecular formula is C9H11FO2. The van der Waals surface area contributed by atoms with Crippen LogP contribution >= 0.6 is 0 Å². The molecular weight excluding hydrogens is 159 g/mol. The van der Waals surface area contributed by atoms with Crippen molar-refractivity contribution >= 4 is 0 Å². The highest BCUT2D eigenvalue weighted by Gasteiger charge is 2.07. The van der Waals surface area contributed by atoms with Crippen LogP contribution in [0.4, 0.5) is 4.39 Å². The Morgan fingerprint density at radius 1 is 1.50 bits per heavy atom. The zero-order valence-electron chi connectivity index (χ0n) is 6.79. The van der Waals surface area contributed by atoms with Crippen molar-refractivity contribution in [3.8, 4) is 0 Å². The van der Waals surface area contributed by atoms with Gasteiger partial charge in [0.05, 0.1) is 12.7 Å². The number of aliphatic hydroxyl groups excluding tert-OH is 2. The maximum Gasteiger partial charge on any atom is 0.123 e. The first kappa shape index (κ1) is 9.16. The van der Waals surface area contributed by atoms with Crippen molar-refractivity contribution in [1.82, 2.24) is 0 Å². The summed E-state index contributed by atoms with van der Waals surface area (Å²) in [6.45, 7) is 1.32. The van der Waals surface area contributed by atoms with Crippen LogP contribution in [0.2, 0.25) is 0 Å². The molecule has 2 nitrogen and oxygen atoms in total. The molecule has 0 fully saturated rings. The van der Waals surface area contributed by atoms with Gasteiger partial charge in [0.15, 0.2) is 0 Å². The SMILES string of the molecule is CC(O)c1ccc(F)cc1CO. The van der Waals surface area contributed by atoms with E-state index in [0.29, 0.717) is 11.1 Å². The van der Waals surface area contributed by atoms with Crippen LogP contribution in [0.5, 0.6) is 0 Å². The van der Waals surface area contributed by atoms with E-state index in [-0.39, 0.29) is 6.61 Å². The van der Waals surface area contributed by atoms with Gasteiger partial charge in [-0.25, -0.2) is 4.39 Å². The second-order valence-corrected chi connectivity index (χ2v) is 2.68. The zero-order chi connectivity index (χ0) is 9.14. The Balaban J connectivity index is 3.11. The van der Waals surface area contributed by atoms with Crippen molar-refractivity contribution in [3.05, 3.63) is 35.1 Å². The standard InChI is InChI=1S/C9H11FO2/c1-6(12)9-3-2-8(10)4-7(9)5-11/h2-4,6,11-12H,5H2,1H3. The molecule has 2 N–H and O–H groups in total. The fraction of sp³-hybridized carbons (Fsp3) is 0.333. The van der Waals surface area contributed by atoms with Crippen LogP contribution < -0.4 is 0 Å². The quantitative estimate of drug-likeness (QED) is 0.703. The molecule has 0 saturated heterocycles. The Morgan fingerprint density at radius 3 is 2.67 bits per heavy atom. The van der Waals surface area contributed by atoms with Crippen molar-refractivity contribution in [2.75, 3.05) is 0 Å². The van der Waals surface area contributed by atoms with E-state index in [1.807, 2.05) is 0 Å². The lowest BCUT2D eigenvalue weighted by Gasteiger charge is -2.09. The molecule has 1 rings (SSSR count). The third-order valence-corrected chi connectivity index (χ3v) is 1.73. The lowest BCUT2D eigenvalue weighted by molar-refractivity contribution is 0.193. The molecule has 66 valence electrons. The van der Waals surface area contributed by atoms with Crippen LogP contribution in [0.3, 0.4) is 0 Å². The van der Waals surface area contributed by atoms with E-state index in [4.69, 9.17) is 5.11 Å². The molecule has 0 aliphatic rings. The van der Waals surface area contributed by atoms with Gasteiger partial charge in [0.2, 0.25) is 0 Å². The Hall–Kier alpha value is -0.930. The highest BCUT2D eigenvalue weighted by molar-refractivity contribution is 5.28. The average Bonchev–Trinajstić information content (AvgIpc) is 2.03. The highest BCUT2D eigenvalue weighted by atomic mass is 19.1. The third kappa shape index (κ3) is 1.81. The van der Waals surface area contributed by atoms with Gasteiger partial charge in [0, 0.05) is 0 Å². The molecule has 12 heavy (non-hydrogen) atoms. The number of benzene rings is 1. The van der Waals surface area contributed by atoms with Crippen LogP contribution in [0, 0.1) is 5.82 Å². The average molecular weight is 170 g/mol. The molecule has 0 bridgehead atoms. The predicted molar refractivity (Wildman–Crippen MR) is 43.0 cm³/mol. The first-order valence-electron chi connectivity index (χ1n) is 3.72. The van der Waals surface area contributed by atoms with E-state index in [1.54, 1.807) is 6.92 Å². The summed E-state index contributed by atoms with van der Waals surface area (Å²) in [6.07, 6.45) is -0.673. The van der Waals surface area contributed by atoms with Gasteiger partial charge in [-0.2, -0.15) is 0 Å². The number of rotatable bonds is 2. The molecule has 0 spiro atoms. The Labute approximate surface area is 70.3 Å². The lowest BCUT2D eigenvalue weighted by Crippen LogP contribution is -1.98. The van der Waals surface area contributed by atoms with Gasteiger partial charge in [0.25, 0.3) is 0 Å². The van der Waals surface area contributed by atoms with Crippen molar-refractivity contribution in [1.29, 1.82) is 0 Å². The first-order chi connectivity index (χ1) is 5.65. The van der Waals surface area contributed by atoms with Crippen molar-refractivity contribution in [2.24, 2.45) is 0 Å². The molecule has 1 atom stereocenters. The molecule has 0 saturated carbocycles. The molecule has 1 aromatic carbocycles. The molecule has 1 aromatic rings. The van der Waals surface area contributed by atoms with Gasteiger partial charge in [0.1, 0.15) is 5.82 Å². The topological polar surface area (TPSA) is 40.5 Å². The van der Waals surface area contributed by atoms with Gasteiger partial charge < -0.3 is 10.2 Å². The minimum Gasteiger partial charge on any atom is -0.392 e. The van der Waals surface area contributed by atoms with E-state index in [1.165, 1.54) is 18.2 Å². The number of halogens is 1. The molecule has 0 aliphatic heterocycles. The molecule has 0 amide bonds. The van der Waals surface area contributed by atoms with Gasteiger partial charge in [-0.1, -0.05) is 6.07 Å².